The first-order valence-corrected chi connectivity index (χ1v) is 10.3. The van der Waals surface area contributed by atoms with Crippen LogP contribution in [-0.2, 0) is 0 Å². The van der Waals surface area contributed by atoms with E-state index in [0.717, 1.165) is 35.4 Å². The molecule has 3 nitrogen and oxygen atoms in total. The molecule has 0 saturated carbocycles. The van der Waals surface area contributed by atoms with Crippen LogP contribution < -0.4 is 0 Å². The number of hydrogen-bond donors (Lipinski definition) is 1. The Bertz CT molecular complexity index is 939. The number of aliphatic hydroxyl groups excluding tert-OH is 1. The molecule has 2 heterocycles. The molecular weight excluding hydrogens is 373 g/mol. The molecule has 0 radical (unpaired) electrons. The van der Waals surface area contributed by atoms with E-state index >= 15 is 0 Å². The topological polar surface area (TPSA) is 40.5 Å². The SMILES string of the molecule is O=C(c1ccc(-c2ccc(F)cc2)s1)N1CCCC1CC(O)c1ccccc1. The summed E-state index contributed by atoms with van der Waals surface area (Å²) in [6, 6.07) is 19.7. The standard InChI is InChI=1S/C23H22FNO2S/c24-18-10-8-17(9-11-18)21-12-13-22(28-21)23(27)25-14-4-7-19(25)15-20(26)16-5-2-1-3-6-16/h1-3,5-6,8-13,19-20,26H,4,7,14-15H2. The van der Waals surface area contributed by atoms with E-state index in [1.165, 1.54) is 23.5 Å². The highest BCUT2D eigenvalue weighted by atomic mass is 32.1. The van der Waals surface area contributed by atoms with Gasteiger partial charge in [-0.2, -0.15) is 0 Å². The molecule has 1 amide bonds. The molecular formula is C23H22FNO2S. The van der Waals surface area contributed by atoms with Crippen molar-refractivity contribution in [2.75, 3.05) is 6.54 Å². The van der Waals surface area contributed by atoms with Crippen LogP contribution in [-0.4, -0.2) is 28.5 Å². The summed E-state index contributed by atoms with van der Waals surface area (Å²) < 4.78 is 13.1. The van der Waals surface area contributed by atoms with Crippen LogP contribution in [0.4, 0.5) is 4.39 Å². The Morgan fingerprint density at radius 1 is 1.11 bits per heavy atom. The van der Waals surface area contributed by atoms with Gasteiger partial charge in [0.25, 0.3) is 5.91 Å². The van der Waals surface area contributed by atoms with E-state index in [1.54, 1.807) is 12.1 Å². The second-order valence-electron chi connectivity index (χ2n) is 7.13. The lowest BCUT2D eigenvalue weighted by atomic mass is 10.0. The third-order valence-corrected chi connectivity index (χ3v) is 6.39. The molecule has 1 N–H and O–H groups in total. The lowest BCUT2D eigenvalue weighted by molar-refractivity contribution is 0.0671. The van der Waals surface area contributed by atoms with Gasteiger partial charge in [-0.1, -0.05) is 42.5 Å². The zero-order chi connectivity index (χ0) is 19.5. The lowest BCUT2D eigenvalue weighted by Gasteiger charge is -2.26. The second-order valence-corrected chi connectivity index (χ2v) is 8.21. The molecule has 3 aromatic rings. The van der Waals surface area contributed by atoms with Crippen molar-refractivity contribution < 1.29 is 14.3 Å². The van der Waals surface area contributed by atoms with Crippen LogP contribution in [0.1, 0.15) is 40.6 Å². The summed E-state index contributed by atoms with van der Waals surface area (Å²) in [5.74, 6) is -0.255. The van der Waals surface area contributed by atoms with Gasteiger partial charge in [0.1, 0.15) is 5.82 Å². The van der Waals surface area contributed by atoms with Gasteiger partial charge in [-0.3, -0.25) is 4.79 Å². The zero-order valence-corrected chi connectivity index (χ0v) is 16.2. The van der Waals surface area contributed by atoms with Crippen LogP contribution in [0.5, 0.6) is 0 Å². The van der Waals surface area contributed by atoms with Crippen LogP contribution >= 0.6 is 11.3 Å². The molecule has 1 fully saturated rings. The lowest BCUT2D eigenvalue weighted by Crippen LogP contribution is -2.36. The third-order valence-electron chi connectivity index (χ3n) is 5.26. The van der Waals surface area contributed by atoms with Crippen LogP contribution in [0.15, 0.2) is 66.7 Å². The number of benzene rings is 2. The normalized spacial score (nSPS) is 17.6. The molecule has 2 unspecified atom stereocenters. The van der Waals surface area contributed by atoms with Gasteiger partial charge in [-0.25, -0.2) is 4.39 Å². The Labute approximate surface area is 168 Å². The van der Waals surface area contributed by atoms with Crippen LogP contribution in [0.2, 0.25) is 0 Å². The highest BCUT2D eigenvalue weighted by Crippen LogP contribution is 2.32. The number of nitrogens with zero attached hydrogens (tertiary/aromatic N) is 1. The Morgan fingerprint density at radius 2 is 1.86 bits per heavy atom. The van der Waals surface area contributed by atoms with E-state index in [-0.39, 0.29) is 17.8 Å². The molecule has 4 rings (SSSR count). The van der Waals surface area contributed by atoms with Gasteiger partial charge in [0.15, 0.2) is 0 Å². The smallest absolute Gasteiger partial charge is 0.264 e. The number of carbonyl (C=O) groups is 1. The predicted octanol–water partition coefficient (Wildman–Crippen LogP) is 5.28. The number of halogens is 1. The van der Waals surface area contributed by atoms with Gasteiger partial charge < -0.3 is 10.0 Å². The number of rotatable bonds is 5. The van der Waals surface area contributed by atoms with Crippen molar-refractivity contribution in [1.82, 2.24) is 4.90 Å². The number of aliphatic hydroxyl groups is 1. The fraction of sp³-hybridized carbons (Fsp3) is 0.261. The van der Waals surface area contributed by atoms with Crippen molar-refractivity contribution in [3.8, 4) is 10.4 Å². The quantitative estimate of drug-likeness (QED) is 0.638. The Morgan fingerprint density at radius 3 is 2.61 bits per heavy atom. The first kappa shape index (κ1) is 18.8. The Hall–Kier alpha value is -2.50. The monoisotopic (exact) mass is 395 g/mol. The van der Waals surface area contributed by atoms with E-state index in [9.17, 15) is 14.3 Å². The minimum Gasteiger partial charge on any atom is -0.388 e. The van der Waals surface area contributed by atoms with Gasteiger partial charge in [0.05, 0.1) is 11.0 Å². The number of amides is 1. The molecule has 1 aromatic heterocycles. The van der Waals surface area contributed by atoms with Crippen LogP contribution in [0.25, 0.3) is 10.4 Å². The maximum Gasteiger partial charge on any atom is 0.264 e. The summed E-state index contributed by atoms with van der Waals surface area (Å²) in [7, 11) is 0. The number of likely N-dealkylation sites (tertiary alicyclic amines) is 1. The van der Waals surface area contributed by atoms with E-state index in [0.29, 0.717) is 11.3 Å². The predicted molar refractivity (Wildman–Crippen MR) is 110 cm³/mol. The fourth-order valence-electron chi connectivity index (χ4n) is 3.78. The van der Waals surface area contributed by atoms with Crippen molar-refractivity contribution >= 4 is 17.2 Å². The minimum absolute atomic E-state index is 0.0149. The van der Waals surface area contributed by atoms with Crippen LogP contribution in [0, 0.1) is 5.82 Å². The molecule has 0 bridgehead atoms. The van der Waals surface area contributed by atoms with Gasteiger partial charge in [0.2, 0.25) is 0 Å². The molecule has 2 aromatic carbocycles. The average Bonchev–Trinajstić information content (AvgIpc) is 3.39. The molecule has 2 atom stereocenters. The molecule has 5 heteroatoms. The first-order valence-electron chi connectivity index (χ1n) is 9.51. The molecule has 144 valence electrons. The summed E-state index contributed by atoms with van der Waals surface area (Å²) in [6.07, 6.45) is 1.84. The fourth-order valence-corrected chi connectivity index (χ4v) is 4.75. The van der Waals surface area contributed by atoms with Crippen LogP contribution in [0.3, 0.4) is 0 Å². The largest absolute Gasteiger partial charge is 0.388 e. The second kappa shape index (κ2) is 8.25. The van der Waals surface area contributed by atoms with Crippen molar-refractivity contribution in [1.29, 1.82) is 0 Å². The average molecular weight is 395 g/mol. The van der Waals surface area contributed by atoms with Gasteiger partial charge >= 0.3 is 0 Å². The third kappa shape index (κ3) is 4.01. The van der Waals surface area contributed by atoms with E-state index in [2.05, 4.69) is 0 Å². The Balaban J connectivity index is 1.47. The summed E-state index contributed by atoms with van der Waals surface area (Å²) in [5, 5.41) is 10.6. The van der Waals surface area contributed by atoms with Gasteiger partial charge in [-0.15, -0.1) is 11.3 Å². The van der Waals surface area contributed by atoms with E-state index in [1.807, 2.05) is 47.4 Å². The van der Waals surface area contributed by atoms with Gasteiger partial charge in [0, 0.05) is 17.5 Å². The number of carbonyl (C=O) groups excluding carboxylic acids is 1. The van der Waals surface area contributed by atoms with E-state index in [4.69, 9.17) is 0 Å². The van der Waals surface area contributed by atoms with Crippen molar-refractivity contribution in [2.24, 2.45) is 0 Å². The summed E-state index contributed by atoms with van der Waals surface area (Å²) in [4.78, 5) is 16.6. The molecule has 1 saturated heterocycles. The van der Waals surface area contributed by atoms with Crippen molar-refractivity contribution in [2.45, 2.75) is 31.4 Å². The highest BCUT2D eigenvalue weighted by Gasteiger charge is 2.32. The van der Waals surface area contributed by atoms with E-state index < -0.39 is 6.10 Å². The summed E-state index contributed by atoms with van der Waals surface area (Å²) in [5.41, 5.74) is 1.79. The Kier molecular flexibility index (Phi) is 5.55. The highest BCUT2D eigenvalue weighted by molar-refractivity contribution is 7.17. The minimum atomic E-state index is -0.572. The maximum absolute atomic E-state index is 13.1. The molecule has 0 spiro atoms. The molecule has 28 heavy (non-hydrogen) atoms. The number of hydrogen-bond acceptors (Lipinski definition) is 3. The maximum atomic E-state index is 13.1. The molecule has 0 aliphatic carbocycles. The first-order chi connectivity index (χ1) is 13.6. The molecule has 1 aliphatic rings. The summed E-state index contributed by atoms with van der Waals surface area (Å²) in [6.45, 7) is 0.717. The number of thiophene rings is 1. The van der Waals surface area contributed by atoms with Crippen molar-refractivity contribution in [3.63, 3.8) is 0 Å². The molecule has 1 aliphatic heterocycles. The van der Waals surface area contributed by atoms with Crippen molar-refractivity contribution in [3.05, 3.63) is 83.0 Å². The zero-order valence-electron chi connectivity index (χ0n) is 15.4. The van der Waals surface area contributed by atoms with Gasteiger partial charge in [-0.05, 0) is 54.7 Å². The summed E-state index contributed by atoms with van der Waals surface area (Å²) >= 11 is 1.43.